The number of rotatable bonds is 1. The molecule has 0 aromatic heterocycles. The zero-order chi connectivity index (χ0) is 16.4. The van der Waals surface area contributed by atoms with Gasteiger partial charge in [-0.15, -0.1) is 16.7 Å². The van der Waals surface area contributed by atoms with E-state index in [2.05, 4.69) is 75.4 Å². The van der Waals surface area contributed by atoms with Gasteiger partial charge in [-0.05, 0) is 12.8 Å². The predicted octanol–water partition coefficient (Wildman–Crippen LogP) is 5.46. The molecule has 2 aromatic carbocycles. The molecule has 0 N–H and O–H groups in total. The summed E-state index contributed by atoms with van der Waals surface area (Å²) in [5, 5.41) is 0. The van der Waals surface area contributed by atoms with E-state index in [0.717, 1.165) is 12.8 Å². The fraction of sp³-hybridized carbons (Fsp3) is 0.227. The van der Waals surface area contributed by atoms with Gasteiger partial charge in [-0.25, -0.2) is 0 Å². The molecule has 2 aliphatic carbocycles. The summed E-state index contributed by atoms with van der Waals surface area (Å²) in [4.78, 5) is 0. The maximum absolute atomic E-state index is 3.61. The Bertz CT molecular complexity index is 818. The van der Waals surface area contributed by atoms with Crippen molar-refractivity contribution < 1.29 is 24.2 Å². The Balaban J connectivity index is 0.000000354. The van der Waals surface area contributed by atoms with Crippen molar-refractivity contribution in [2.24, 2.45) is 0 Å². The van der Waals surface area contributed by atoms with Gasteiger partial charge in [-0.3, -0.25) is 0 Å². The van der Waals surface area contributed by atoms with Gasteiger partial charge in [0, 0.05) is 0 Å². The van der Waals surface area contributed by atoms with E-state index in [1.165, 1.54) is 42.2 Å². The van der Waals surface area contributed by atoms with E-state index in [-0.39, 0.29) is 0 Å². The SMILES string of the molecule is C[C](C)=[Zr].Cc1[c-]c2c(cc1C1=CC=CC1)-c1ccccc1C2. The van der Waals surface area contributed by atoms with Crippen LogP contribution < -0.4 is 0 Å². The van der Waals surface area contributed by atoms with E-state index in [1.54, 1.807) is 24.2 Å². The van der Waals surface area contributed by atoms with Crippen molar-refractivity contribution in [3.63, 3.8) is 0 Å². The molecule has 2 aromatic rings. The molecule has 0 aliphatic heterocycles. The van der Waals surface area contributed by atoms with E-state index in [4.69, 9.17) is 0 Å². The summed E-state index contributed by atoms with van der Waals surface area (Å²) >= 11 is 1.55. The monoisotopic (exact) mass is 375 g/mol. The second-order valence-corrected chi connectivity index (χ2v) is 8.82. The number of benzene rings is 2. The molecule has 2 aliphatic rings. The maximum Gasteiger partial charge on any atom is -0.0203 e. The van der Waals surface area contributed by atoms with Crippen LogP contribution in [0.25, 0.3) is 16.7 Å². The van der Waals surface area contributed by atoms with Gasteiger partial charge in [0.25, 0.3) is 0 Å². The predicted molar refractivity (Wildman–Crippen MR) is 96.3 cm³/mol. The van der Waals surface area contributed by atoms with Gasteiger partial charge in [0.05, 0.1) is 0 Å². The minimum absolute atomic E-state index is 1.03. The van der Waals surface area contributed by atoms with Gasteiger partial charge >= 0.3 is 41.3 Å². The van der Waals surface area contributed by atoms with Crippen LogP contribution in [0.5, 0.6) is 0 Å². The topological polar surface area (TPSA) is 0 Å². The zero-order valence-corrected chi connectivity index (χ0v) is 16.5. The van der Waals surface area contributed by atoms with Crippen LogP contribution >= 0.6 is 0 Å². The van der Waals surface area contributed by atoms with Crippen LogP contribution in [0.2, 0.25) is 0 Å². The van der Waals surface area contributed by atoms with Crippen molar-refractivity contribution in [2.45, 2.75) is 33.6 Å². The Morgan fingerprint density at radius 3 is 2.52 bits per heavy atom. The van der Waals surface area contributed by atoms with Crippen molar-refractivity contribution in [3.05, 3.63) is 76.9 Å². The van der Waals surface area contributed by atoms with Crippen molar-refractivity contribution >= 4 is 8.78 Å². The molecule has 0 spiro atoms. The summed E-state index contributed by atoms with van der Waals surface area (Å²) in [7, 11) is 0. The van der Waals surface area contributed by atoms with E-state index >= 15 is 0 Å². The summed E-state index contributed by atoms with van der Waals surface area (Å²) in [6.07, 6.45) is 8.67. The summed E-state index contributed by atoms with van der Waals surface area (Å²) < 4.78 is 1.51. The van der Waals surface area contributed by atoms with Crippen LogP contribution in [-0.2, 0) is 30.7 Å². The summed E-state index contributed by atoms with van der Waals surface area (Å²) in [5.74, 6) is 0. The van der Waals surface area contributed by atoms with Gasteiger partial charge in [0.15, 0.2) is 0 Å². The summed E-state index contributed by atoms with van der Waals surface area (Å²) in [6, 6.07) is 14.7. The standard InChI is InChI=1S/C19H15.C3H6.Zr/c1-13-10-16-11-15-8-4-5-9-17(15)19(16)12-18(13)14-6-2-3-7-14;1-3-2;/h2-6,8-9,12H,7,11H2,1H3;1-2H3;/q-1;;. The quantitative estimate of drug-likeness (QED) is 0.495. The number of hydrogen-bond acceptors (Lipinski definition) is 0. The second-order valence-electron chi connectivity index (χ2n) is 6.36. The molecular weight excluding hydrogens is 355 g/mol. The molecule has 0 fully saturated rings. The van der Waals surface area contributed by atoms with Crippen molar-refractivity contribution in [3.8, 4) is 11.1 Å². The van der Waals surface area contributed by atoms with Crippen LogP contribution in [-0.4, -0.2) is 3.21 Å². The van der Waals surface area contributed by atoms with Crippen molar-refractivity contribution in [1.29, 1.82) is 0 Å². The number of allylic oxidation sites excluding steroid dienone is 4. The van der Waals surface area contributed by atoms with E-state index in [0.29, 0.717) is 0 Å². The first-order valence-electron chi connectivity index (χ1n) is 8.08. The summed E-state index contributed by atoms with van der Waals surface area (Å²) in [6.45, 7) is 6.42. The first-order chi connectivity index (χ1) is 11.1. The number of aryl methyl sites for hydroxylation is 1. The van der Waals surface area contributed by atoms with Gasteiger partial charge < -0.3 is 0 Å². The minimum Gasteiger partial charge on any atom is -0.176 e. The molecule has 0 saturated heterocycles. The molecule has 0 heterocycles. The Labute approximate surface area is 154 Å². The number of hydrogen-bond donors (Lipinski definition) is 0. The first-order valence-corrected chi connectivity index (χ1v) is 9.31. The van der Waals surface area contributed by atoms with Crippen LogP contribution in [0.3, 0.4) is 0 Å². The van der Waals surface area contributed by atoms with Gasteiger partial charge in [-0.2, -0.15) is 17.7 Å². The van der Waals surface area contributed by atoms with Crippen LogP contribution in [0.4, 0.5) is 0 Å². The minimum atomic E-state index is 1.03. The molecule has 0 radical (unpaired) electrons. The van der Waals surface area contributed by atoms with E-state index in [9.17, 15) is 0 Å². The molecule has 23 heavy (non-hydrogen) atoms. The third-order valence-electron chi connectivity index (χ3n) is 4.15. The van der Waals surface area contributed by atoms with Gasteiger partial charge in [0.2, 0.25) is 0 Å². The Hall–Kier alpha value is -1.33. The molecular formula is C22H21Zr-. The second kappa shape index (κ2) is 7.06. The average Bonchev–Trinajstić information content (AvgIpc) is 3.12. The van der Waals surface area contributed by atoms with Crippen molar-refractivity contribution in [1.82, 2.24) is 0 Å². The Kier molecular flexibility index (Phi) is 5.07. The molecule has 114 valence electrons. The molecule has 0 unspecified atom stereocenters. The molecule has 0 amide bonds. The molecule has 0 nitrogen and oxygen atoms in total. The fourth-order valence-electron chi connectivity index (χ4n) is 3.19. The fourth-order valence-corrected chi connectivity index (χ4v) is 3.19. The van der Waals surface area contributed by atoms with Crippen LogP contribution in [0, 0.1) is 13.0 Å². The zero-order valence-electron chi connectivity index (χ0n) is 14.0. The number of fused-ring (bicyclic) bond motifs is 3. The Morgan fingerprint density at radius 1 is 1.09 bits per heavy atom. The largest absolute Gasteiger partial charge is 0.176 e. The smallest absolute Gasteiger partial charge is 0.0203 e. The molecule has 4 rings (SSSR count). The van der Waals surface area contributed by atoms with E-state index in [1.807, 2.05) is 0 Å². The molecule has 1 heteroatoms. The van der Waals surface area contributed by atoms with E-state index < -0.39 is 0 Å². The maximum atomic E-state index is 3.61. The summed E-state index contributed by atoms with van der Waals surface area (Å²) in [5.41, 5.74) is 9.62. The molecule has 0 saturated carbocycles. The van der Waals surface area contributed by atoms with Crippen molar-refractivity contribution in [2.75, 3.05) is 0 Å². The molecule has 0 atom stereocenters. The average molecular weight is 377 g/mol. The van der Waals surface area contributed by atoms with Crippen LogP contribution in [0.1, 0.15) is 42.5 Å². The first kappa shape index (κ1) is 16.5. The molecule has 0 bridgehead atoms. The normalized spacial score (nSPS) is 13.7. The van der Waals surface area contributed by atoms with Crippen LogP contribution in [0.15, 0.2) is 48.6 Å². The third kappa shape index (κ3) is 3.61. The Morgan fingerprint density at radius 2 is 1.83 bits per heavy atom. The van der Waals surface area contributed by atoms with Gasteiger partial charge in [-0.1, -0.05) is 66.1 Å². The third-order valence-corrected chi connectivity index (χ3v) is 4.15. The van der Waals surface area contributed by atoms with Gasteiger partial charge in [0.1, 0.15) is 0 Å².